The number of nitrogens with zero attached hydrogens (tertiary/aromatic N) is 2. The summed E-state index contributed by atoms with van der Waals surface area (Å²) in [5.74, 6) is 0. The third-order valence-corrected chi connectivity index (χ3v) is 2.15. The molecule has 0 saturated carbocycles. The van der Waals surface area contributed by atoms with Crippen LogP contribution in [0.1, 0.15) is 13.8 Å². The fourth-order valence-electron chi connectivity index (χ4n) is 1.10. The highest BCUT2D eigenvalue weighted by Crippen LogP contribution is 1.96. The van der Waals surface area contributed by atoms with Crippen molar-refractivity contribution in [3.05, 3.63) is 24.3 Å². The fraction of sp³-hybridized carbons (Fsp3) is 0.615. The number of carbonyl (C=O) groups is 1. The summed E-state index contributed by atoms with van der Waals surface area (Å²) in [4.78, 5) is 15.4. The summed E-state index contributed by atoms with van der Waals surface area (Å²) in [6.45, 7) is 6.21. The number of rotatable bonds is 7. The average molecular weight is 240 g/mol. The van der Waals surface area contributed by atoms with Crippen molar-refractivity contribution in [3.63, 3.8) is 0 Å². The SMILES string of the molecule is C/C=C/CN(C/C=C/C)C(=O)OCCN(C)C. The zero-order valence-corrected chi connectivity index (χ0v) is 11.3. The molecule has 0 unspecified atom stereocenters. The van der Waals surface area contributed by atoms with E-state index in [9.17, 15) is 4.79 Å². The van der Waals surface area contributed by atoms with Crippen LogP contribution in [0.25, 0.3) is 0 Å². The normalized spacial score (nSPS) is 11.6. The Morgan fingerprint density at radius 2 is 1.65 bits per heavy atom. The van der Waals surface area contributed by atoms with Gasteiger partial charge < -0.3 is 14.5 Å². The molecule has 0 radical (unpaired) electrons. The number of ether oxygens (including phenoxy) is 1. The number of carbonyl (C=O) groups excluding carboxylic acids is 1. The number of hydrogen-bond acceptors (Lipinski definition) is 3. The molecule has 0 saturated heterocycles. The lowest BCUT2D eigenvalue weighted by atomic mass is 10.4. The van der Waals surface area contributed by atoms with Gasteiger partial charge in [-0.15, -0.1) is 0 Å². The van der Waals surface area contributed by atoms with Gasteiger partial charge in [-0.25, -0.2) is 4.79 Å². The topological polar surface area (TPSA) is 32.8 Å². The molecule has 17 heavy (non-hydrogen) atoms. The van der Waals surface area contributed by atoms with Gasteiger partial charge in [-0.1, -0.05) is 24.3 Å². The predicted octanol–water partition coefficient (Wildman–Crippen LogP) is 2.14. The van der Waals surface area contributed by atoms with Crippen molar-refractivity contribution in [1.29, 1.82) is 0 Å². The van der Waals surface area contributed by atoms with Crippen molar-refractivity contribution in [2.45, 2.75) is 13.8 Å². The van der Waals surface area contributed by atoms with E-state index in [4.69, 9.17) is 4.74 Å². The molecule has 0 aromatic heterocycles. The van der Waals surface area contributed by atoms with Crippen LogP contribution >= 0.6 is 0 Å². The molecule has 0 atom stereocenters. The van der Waals surface area contributed by atoms with Crippen LogP contribution in [0.4, 0.5) is 4.79 Å². The molecule has 0 aliphatic carbocycles. The summed E-state index contributed by atoms with van der Waals surface area (Å²) in [5.41, 5.74) is 0. The van der Waals surface area contributed by atoms with E-state index < -0.39 is 0 Å². The van der Waals surface area contributed by atoms with Gasteiger partial charge in [0.05, 0.1) is 0 Å². The Kier molecular flexibility index (Phi) is 9.15. The highest BCUT2D eigenvalue weighted by molar-refractivity contribution is 5.68. The van der Waals surface area contributed by atoms with Gasteiger partial charge in [-0.3, -0.25) is 0 Å². The van der Waals surface area contributed by atoms with Crippen LogP contribution in [0.3, 0.4) is 0 Å². The first-order chi connectivity index (χ1) is 8.11. The molecule has 4 heteroatoms. The highest BCUT2D eigenvalue weighted by Gasteiger charge is 2.11. The van der Waals surface area contributed by atoms with Gasteiger partial charge >= 0.3 is 6.09 Å². The molecule has 0 spiro atoms. The Balaban J connectivity index is 4.11. The molecule has 0 aliphatic rings. The maximum atomic E-state index is 11.8. The molecule has 0 fully saturated rings. The van der Waals surface area contributed by atoms with Crippen molar-refractivity contribution in [1.82, 2.24) is 9.80 Å². The fourth-order valence-corrected chi connectivity index (χ4v) is 1.10. The first-order valence-corrected chi connectivity index (χ1v) is 5.90. The largest absolute Gasteiger partial charge is 0.448 e. The van der Waals surface area contributed by atoms with Crippen LogP contribution in [-0.2, 0) is 4.74 Å². The number of allylic oxidation sites excluding steroid dienone is 2. The lowest BCUT2D eigenvalue weighted by Crippen LogP contribution is -2.33. The molecule has 0 bridgehead atoms. The Morgan fingerprint density at radius 1 is 1.12 bits per heavy atom. The van der Waals surface area contributed by atoms with E-state index in [2.05, 4.69) is 0 Å². The zero-order valence-electron chi connectivity index (χ0n) is 11.3. The van der Waals surface area contributed by atoms with Crippen molar-refractivity contribution < 1.29 is 9.53 Å². The third-order valence-electron chi connectivity index (χ3n) is 2.15. The summed E-state index contributed by atoms with van der Waals surface area (Å²) in [5, 5.41) is 0. The molecule has 0 aliphatic heterocycles. The second-order valence-corrected chi connectivity index (χ2v) is 3.96. The Bertz CT molecular complexity index is 246. The second kappa shape index (κ2) is 9.90. The Morgan fingerprint density at radius 3 is 2.06 bits per heavy atom. The molecule has 0 N–H and O–H groups in total. The third kappa shape index (κ3) is 8.51. The van der Waals surface area contributed by atoms with Gasteiger partial charge in [-0.05, 0) is 27.9 Å². The van der Waals surface area contributed by atoms with Gasteiger partial charge in [0.1, 0.15) is 6.61 Å². The van der Waals surface area contributed by atoms with E-state index in [1.807, 2.05) is 57.1 Å². The lowest BCUT2D eigenvalue weighted by molar-refractivity contribution is 0.103. The van der Waals surface area contributed by atoms with E-state index in [0.717, 1.165) is 6.54 Å². The van der Waals surface area contributed by atoms with Crippen LogP contribution < -0.4 is 0 Å². The van der Waals surface area contributed by atoms with Crippen LogP contribution in [-0.4, -0.2) is 56.2 Å². The van der Waals surface area contributed by atoms with E-state index in [-0.39, 0.29) is 6.09 Å². The van der Waals surface area contributed by atoms with E-state index in [0.29, 0.717) is 19.7 Å². The lowest BCUT2D eigenvalue weighted by Gasteiger charge is -2.19. The van der Waals surface area contributed by atoms with Gasteiger partial charge in [-0.2, -0.15) is 0 Å². The summed E-state index contributed by atoms with van der Waals surface area (Å²) in [6, 6.07) is 0. The molecule has 0 rings (SSSR count). The second-order valence-electron chi connectivity index (χ2n) is 3.96. The van der Waals surface area contributed by atoms with Crippen molar-refractivity contribution in [2.24, 2.45) is 0 Å². The van der Waals surface area contributed by atoms with Crippen LogP contribution in [0.15, 0.2) is 24.3 Å². The minimum absolute atomic E-state index is 0.261. The zero-order chi connectivity index (χ0) is 13.1. The average Bonchev–Trinajstić information content (AvgIpc) is 2.28. The van der Waals surface area contributed by atoms with Crippen molar-refractivity contribution in [3.8, 4) is 0 Å². The molecule has 98 valence electrons. The Labute approximate surface area is 105 Å². The standard InChI is InChI=1S/C13H24N2O2/c1-5-7-9-15(10-8-6-2)13(16)17-12-11-14(3)4/h5-8H,9-12H2,1-4H3/b7-5+,8-6+. The summed E-state index contributed by atoms with van der Waals surface area (Å²) < 4.78 is 5.19. The molecule has 0 aromatic carbocycles. The maximum Gasteiger partial charge on any atom is 0.410 e. The van der Waals surface area contributed by atoms with E-state index in [1.165, 1.54) is 0 Å². The van der Waals surface area contributed by atoms with Gasteiger partial charge in [0.25, 0.3) is 0 Å². The van der Waals surface area contributed by atoms with Crippen LogP contribution in [0.5, 0.6) is 0 Å². The maximum absolute atomic E-state index is 11.8. The molecule has 4 nitrogen and oxygen atoms in total. The van der Waals surface area contributed by atoms with Gasteiger partial charge in [0.15, 0.2) is 0 Å². The van der Waals surface area contributed by atoms with E-state index in [1.54, 1.807) is 4.90 Å². The molecule has 0 aromatic rings. The number of likely N-dealkylation sites (N-methyl/N-ethyl adjacent to an activating group) is 1. The molecule has 0 heterocycles. The first kappa shape index (κ1) is 15.7. The van der Waals surface area contributed by atoms with Crippen LogP contribution in [0.2, 0.25) is 0 Å². The summed E-state index contributed by atoms with van der Waals surface area (Å²) in [6.07, 6.45) is 7.47. The predicted molar refractivity (Wildman–Crippen MR) is 71.1 cm³/mol. The van der Waals surface area contributed by atoms with E-state index >= 15 is 0 Å². The summed E-state index contributed by atoms with van der Waals surface area (Å²) >= 11 is 0. The van der Waals surface area contributed by atoms with Gasteiger partial charge in [0.2, 0.25) is 0 Å². The molecular weight excluding hydrogens is 216 g/mol. The minimum Gasteiger partial charge on any atom is -0.448 e. The Hall–Kier alpha value is -1.29. The minimum atomic E-state index is -0.261. The number of amides is 1. The quantitative estimate of drug-likeness (QED) is 0.639. The van der Waals surface area contributed by atoms with Gasteiger partial charge in [0, 0.05) is 19.6 Å². The van der Waals surface area contributed by atoms with Crippen molar-refractivity contribution >= 4 is 6.09 Å². The first-order valence-electron chi connectivity index (χ1n) is 5.90. The molecule has 1 amide bonds. The summed E-state index contributed by atoms with van der Waals surface area (Å²) in [7, 11) is 3.90. The monoisotopic (exact) mass is 240 g/mol. The van der Waals surface area contributed by atoms with Crippen molar-refractivity contribution in [2.75, 3.05) is 40.3 Å². The smallest absolute Gasteiger partial charge is 0.410 e. The number of hydrogen-bond donors (Lipinski definition) is 0. The molecular formula is C13H24N2O2. The van der Waals surface area contributed by atoms with Crippen LogP contribution in [0, 0.1) is 0 Å². The highest BCUT2D eigenvalue weighted by atomic mass is 16.6.